The van der Waals surface area contributed by atoms with Crippen molar-refractivity contribution >= 4 is 9.84 Å². The highest BCUT2D eigenvalue weighted by Crippen LogP contribution is 2.19. The van der Waals surface area contributed by atoms with E-state index < -0.39 is 9.84 Å². The van der Waals surface area contributed by atoms with Crippen LogP contribution in [0.25, 0.3) is 0 Å². The number of hydrogen-bond donors (Lipinski definition) is 0. The van der Waals surface area contributed by atoms with Gasteiger partial charge in [-0.15, -0.1) is 0 Å². The Morgan fingerprint density at radius 1 is 1.00 bits per heavy atom. The first-order valence-electron chi connectivity index (χ1n) is 5.68. The van der Waals surface area contributed by atoms with E-state index in [0.29, 0.717) is 4.90 Å². The minimum Gasteiger partial charge on any atom is -0.265 e. The third kappa shape index (κ3) is 2.76. The summed E-state index contributed by atoms with van der Waals surface area (Å²) in [4.78, 5) is 4.26. The van der Waals surface area contributed by atoms with Gasteiger partial charge in [0.1, 0.15) is 0 Å². The van der Waals surface area contributed by atoms with Crippen LogP contribution in [-0.4, -0.2) is 13.4 Å². The molecule has 0 N–H and O–H groups in total. The molecule has 0 aliphatic rings. The Bertz CT molecular complexity index is 649. The molecule has 0 amide bonds. The van der Waals surface area contributed by atoms with Gasteiger partial charge in [-0.05, 0) is 54.8 Å². The molecule has 0 unspecified atom stereocenters. The third-order valence-electron chi connectivity index (χ3n) is 2.94. The fourth-order valence-electron chi connectivity index (χ4n) is 1.69. The summed E-state index contributed by atoms with van der Waals surface area (Å²) in [6.07, 6.45) is 3.20. The van der Waals surface area contributed by atoms with Gasteiger partial charge in [-0.2, -0.15) is 0 Å². The predicted molar refractivity (Wildman–Crippen MR) is 71.0 cm³/mol. The lowest BCUT2D eigenvalue weighted by Crippen LogP contribution is -2.05. The highest BCUT2D eigenvalue weighted by atomic mass is 32.2. The van der Waals surface area contributed by atoms with Gasteiger partial charge in [0.15, 0.2) is 9.84 Å². The third-order valence-corrected chi connectivity index (χ3v) is 4.63. The molecule has 0 saturated carbocycles. The smallest absolute Gasteiger partial charge is 0.182 e. The largest absolute Gasteiger partial charge is 0.265 e. The quantitative estimate of drug-likeness (QED) is 0.853. The van der Waals surface area contributed by atoms with Gasteiger partial charge in [0.25, 0.3) is 0 Å². The summed E-state index contributed by atoms with van der Waals surface area (Å²) >= 11 is 0. The number of nitrogens with zero attached hydrogens (tertiary/aromatic N) is 1. The summed E-state index contributed by atoms with van der Waals surface area (Å²) in [5.41, 5.74) is 2.84. The molecule has 0 bridgehead atoms. The van der Waals surface area contributed by atoms with Crippen molar-refractivity contribution in [1.29, 1.82) is 0 Å². The summed E-state index contributed by atoms with van der Waals surface area (Å²) in [5, 5.41) is 0. The topological polar surface area (TPSA) is 47.0 Å². The van der Waals surface area contributed by atoms with Crippen LogP contribution in [0, 0.1) is 13.8 Å². The Morgan fingerprint density at radius 3 is 2.28 bits per heavy atom. The number of rotatable bonds is 3. The van der Waals surface area contributed by atoms with Gasteiger partial charge < -0.3 is 0 Å². The average Bonchev–Trinajstić information content (AvgIpc) is 2.33. The molecule has 0 fully saturated rings. The molecule has 0 aliphatic heterocycles. The molecule has 2 rings (SSSR count). The Hall–Kier alpha value is -1.68. The van der Waals surface area contributed by atoms with E-state index in [1.165, 1.54) is 0 Å². The molecule has 0 atom stereocenters. The molecule has 4 heteroatoms. The molecular formula is C14H15NO2S. The summed E-state index contributed by atoms with van der Waals surface area (Å²) in [6.45, 7) is 3.88. The normalized spacial score (nSPS) is 11.4. The Kier molecular flexibility index (Phi) is 3.48. The molecule has 0 aliphatic carbocycles. The van der Waals surface area contributed by atoms with E-state index in [1.54, 1.807) is 36.7 Å². The minimum atomic E-state index is -3.28. The Labute approximate surface area is 107 Å². The molecule has 0 radical (unpaired) electrons. The van der Waals surface area contributed by atoms with Crippen LogP contribution in [0.15, 0.2) is 47.6 Å². The van der Waals surface area contributed by atoms with E-state index in [2.05, 4.69) is 4.98 Å². The fourth-order valence-corrected chi connectivity index (χ4v) is 3.12. The van der Waals surface area contributed by atoms with E-state index in [1.807, 2.05) is 19.9 Å². The molecule has 0 spiro atoms. The zero-order chi connectivity index (χ0) is 13.2. The van der Waals surface area contributed by atoms with Gasteiger partial charge in [0, 0.05) is 12.4 Å². The summed E-state index contributed by atoms with van der Waals surface area (Å²) < 4.78 is 24.5. The van der Waals surface area contributed by atoms with Crippen LogP contribution < -0.4 is 0 Å². The number of benzene rings is 1. The maximum Gasteiger partial charge on any atom is 0.182 e. The minimum absolute atomic E-state index is 0.0119. The Balaban J connectivity index is 2.34. The SMILES string of the molecule is Cc1ccc(S(=O)(=O)Cc2ccncc2)cc1C. The number of aromatic nitrogens is 1. The van der Waals surface area contributed by atoms with Gasteiger partial charge in [-0.3, -0.25) is 4.98 Å². The van der Waals surface area contributed by atoms with Gasteiger partial charge in [-0.1, -0.05) is 6.07 Å². The van der Waals surface area contributed by atoms with Crippen LogP contribution >= 0.6 is 0 Å². The van der Waals surface area contributed by atoms with E-state index in [4.69, 9.17) is 0 Å². The van der Waals surface area contributed by atoms with Crippen LogP contribution in [0.4, 0.5) is 0 Å². The van der Waals surface area contributed by atoms with Crippen LogP contribution in [0.5, 0.6) is 0 Å². The number of sulfone groups is 1. The molecule has 1 aromatic heterocycles. The van der Waals surface area contributed by atoms with Crippen molar-refractivity contribution in [2.24, 2.45) is 0 Å². The van der Waals surface area contributed by atoms with Crippen molar-refractivity contribution in [1.82, 2.24) is 4.98 Å². The zero-order valence-corrected chi connectivity index (χ0v) is 11.2. The second-order valence-electron chi connectivity index (χ2n) is 4.36. The van der Waals surface area contributed by atoms with Crippen molar-refractivity contribution in [3.05, 3.63) is 59.4 Å². The van der Waals surface area contributed by atoms with Crippen LogP contribution in [-0.2, 0) is 15.6 Å². The summed E-state index contributed by atoms with van der Waals surface area (Å²) in [7, 11) is -3.28. The van der Waals surface area contributed by atoms with E-state index in [0.717, 1.165) is 16.7 Å². The van der Waals surface area contributed by atoms with Crippen molar-refractivity contribution < 1.29 is 8.42 Å². The first kappa shape index (κ1) is 12.8. The van der Waals surface area contributed by atoms with E-state index in [9.17, 15) is 8.42 Å². The molecule has 94 valence electrons. The highest BCUT2D eigenvalue weighted by Gasteiger charge is 2.15. The molecule has 0 saturated heterocycles. The predicted octanol–water partition coefficient (Wildman–Crippen LogP) is 2.67. The summed E-state index contributed by atoms with van der Waals surface area (Å²) in [6, 6.07) is 8.68. The number of pyridine rings is 1. The van der Waals surface area contributed by atoms with Crippen molar-refractivity contribution in [2.45, 2.75) is 24.5 Å². The average molecular weight is 261 g/mol. The number of hydrogen-bond acceptors (Lipinski definition) is 3. The maximum absolute atomic E-state index is 12.2. The fraction of sp³-hybridized carbons (Fsp3) is 0.214. The monoisotopic (exact) mass is 261 g/mol. The molecule has 1 aromatic carbocycles. The second-order valence-corrected chi connectivity index (χ2v) is 6.35. The molecule has 18 heavy (non-hydrogen) atoms. The first-order valence-corrected chi connectivity index (χ1v) is 7.33. The second kappa shape index (κ2) is 4.90. The van der Waals surface area contributed by atoms with Gasteiger partial charge in [-0.25, -0.2) is 8.42 Å². The summed E-state index contributed by atoms with van der Waals surface area (Å²) in [5.74, 6) is 0.0119. The highest BCUT2D eigenvalue weighted by molar-refractivity contribution is 7.90. The molecule has 2 aromatic rings. The molecular weight excluding hydrogens is 246 g/mol. The standard InChI is InChI=1S/C14H15NO2S/c1-11-3-4-14(9-12(11)2)18(16,17)10-13-5-7-15-8-6-13/h3-9H,10H2,1-2H3. The lowest BCUT2D eigenvalue weighted by molar-refractivity contribution is 0.595. The van der Waals surface area contributed by atoms with Gasteiger partial charge >= 0.3 is 0 Å². The van der Waals surface area contributed by atoms with E-state index in [-0.39, 0.29) is 5.75 Å². The van der Waals surface area contributed by atoms with Crippen LogP contribution in [0.2, 0.25) is 0 Å². The van der Waals surface area contributed by atoms with Gasteiger partial charge in [0.05, 0.1) is 10.6 Å². The first-order chi connectivity index (χ1) is 8.49. The van der Waals surface area contributed by atoms with Crippen molar-refractivity contribution in [2.75, 3.05) is 0 Å². The van der Waals surface area contributed by atoms with Crippen LogP contribution in [0.3, 0.4) is 0 Å². The lowest BCUT2D eigenvalue weighted by atomic mass is 10.1. The van der Waals surface area contributed by atoms with Crippen LogP contribution in [0.1, 0.15) is 16.7 Å². The molecule has 1 heterocycles. The van der Waals surface area contributed by atoms with Crippen molar-refractivity contribution in [3.63, 3.8) is 0 Å². The molecule has 3 nitrogen and oxygen atoms in total. The Morgan fingerprint density at radius 2 is 1.67 bits per heavy atom. The van der Waals surface area contributed by atoms with E-state index >= 15 is 0 Å². The number of aryl methyl sites for hydroxylation is 2. The zero-order valence-electron chi connectivity index (χ0n) is 10.4. The lowest BCUT2D eigenvalue weighted by Gasteiger charge is -2.07. The maximum atomic E-state index is 12.2. The van der Waals surface area contributed by atoms with Gasteiger partial charge in [0.2, 0.25) is 0 Å². The van der Waals surface area contributed by atoms with Crippen molar-refractivity contribution in [3.8, 4) is 0 Å².